The van der Waals surface area contributed by atoms with Gasteiger partial charge in [-0.15, -0.1) is 10.2 Å². The van der Waals surface area contributed by atoms with Crippen LogP contribution in [0.1, 0.15) is 23.3 Å². The average Bonchev–Trinajstić information content (AvgIpc) is 3.20. The number of nitrogens with zero attached hydrogens (tertiary/aromatic N) is 2. The fourth-order valence-electron chi connectivity index (χ4n) is 1.55. The van der Waals surface area contributed by atoms with Crippen LogP contribution in [0.2, 0.25) is 0 Å². The van der Waals surface area contributed by atoms with E-state index in [1.165, 1.54) is 20.0 Å². The van der Waals surface area contributed by atoms with Crippen molar-refractivity contribution in [2.75, 3.05) is 19.0 Å². The zero-order chi connectivity index (χ0) is 12.3. The van der Waals surface area contributed by atoms with Crippen molar-refractivity contribution in [3.05, 3.63) is 17.8 Å². The molecule has 0 saturated heterocycles. The molecule has 17 heavy (non-hydrogen) atoms. The zero-order valence-corrected chi connectivity index (χ0v) is 9.72. The Kier molecular flexibility index (Phi) is 3.53. The quantitative estimate of drug-likeness (QED) is 0.720. The third-order valence-electron chi connectivity index (χ3n) is 2.81. The molecule has 1 aromatic heterocycles. The predicted octanol–water partition coefficient (Wildman–Crippen LogP) is 0.412. The molecule has 0 aliphatic heterocycles. The third-order valence-corrected chi connectivity index (χ3v) is 2.81. The summed E-state index contributed by atoms with van der Waals surface area (Å²) in [6.45, 7) is 0.677. The largest absolute Gasteiger partial charge is 0.464 e. The van der Waals surface area contributed by atoms with Crippen molar-refractivity contribution in [3.63, 3.8) is 0 Å². The molecule has 0 aromatic carbocycles. The van der Waals surface area contributed by atoms with Gasteiger partial charge in [-0.2, -0.15) is 0 Å². The highest BCUT2D eigenvalue weighted by Crippen LogP contribution is 2.31. The van der Waals surface area contributed by atoms with Gasteiger partial charge < -0.3 is 15.8 Å². The van der Waals surface area contributed by atoms with Gasteiger partial charge in [-0.1, -0.05) is 0 Å². The molecule has 1 unspecified atom stereocenters. The first-order valence-electron chi connectivity index (χ1n) is 5.62. The van der Waals surface area contributed by atoms with Crippen molar-refractivity contribution in [1.29, 1.82) is 0 Å². The van der Waals surface area contributed by atoms with Crippen LogP contribution in [0.15, 0.2) is 12.1 Å². The van der Waals surface area contributed by atoms with Crippen molar-refractivity contribution in [1.82, 2.24) is 10.2 Å². The molecule has 1 heterocycles. The monoisotopic (exact) mass is 236 g/mol. The van der Waals surface area contributed by atoms with Crippen LogP contribution in [0, 0.1) is 5.92 Å². The number of carbonyl (C=O) groups excluding carboxylic acids is 1. The summed E-state index contributed by atoms with van der Waals surface area (Å²) in [6, 6.07) is 3.43. The topological polar surface area (TPSA) is 90.1 Å². The van der Waals surface area contributed by atoms with Crippen LogP contribution in [0.5, 0.6) is 0 Å². The van der Waals surface area contributed by atoms with Crippen molar-refractivity contribution < 1.29 is 9.53 Å². The van der Waals surface area contributed by atoms with Crippen LogP contribution in [-0.2, 0) is 4.74 Å². The molecule has 0 spiro atoms. The Morgan fingerprint density at radius 1 is 1.59 bits per heavy atom. The van der Waals surface area contributed by atoms with Gasteiger partial charge in [-0.25, -0.2) is 4.79 Å². The van der Waals surface area contributed by atoms with E-state index in [9.17, 15) is 4.79 Å². The van der Waals surface area contributed by atoms with Gasteiger partial charge in [0.25, 0.3) is 0 Å². The summed E-state index contributed by atoms with van der Waals surface area (Å²) in [5, 5.41) is 10.7. The van der Waals surface area contributed by atoms with Gasteiger partial charge in [0.15, 0.2) is 5.69 Å². The van der Waals surface area contributed by atoms with Gasteiger partial charge in [0.05, 0.1) is 7.11 Å². The second-order valence-corrected chi connectivity index (χ2v) is 4.18. The van der Waals surface area contributed by atoms with Crippen LogP contribution in [0.4, 0.5) is 5.82 Å². The van der Waals surface area contributed by atoms with Gasteiger partial charge in [0.2, 0.25) is 0 Å². The minimum Gasteiger partial charge on any atom is -0.464 e. The fraction of sp³-hybridized carbons (Fsp3) is 0.545. The summed E-state index contributed by atoms with van der Waals surface area (Å²) < 4.78 is 4.53. The third kappa shape index (κ3) is 3.13. The molecular weight excluding hydrogens is 220 g/mol. The Labute approximate surface area is 99.6 Å². The molecule has 6 nitrogen and oxygen atoms in total. The summed E-state index contributed by atoms with van der Waals surface area (Å²) in [6.07, 6.45) is 2.44. The van der Waals surface area contributed by atoms with Gasteiger partial charge in [0.1, 0.15) is 5.82 Å². The number of hydrogen-bond donors (Lipinski definition) is 2. The number of ether oxygens (including phenoxy) is 1. The summed E-state index contributed by atoms with van der Waals surface area (Å²) in [5.74, 6) is 0.775. The molecule has 0 amide bonds. The lowest BCUT2D eigenvalue weighted by Crippen LogP contribution is -2.31. The molecule has 6 heteroatoms. The minimum absolute atomic E-state index is 0.164. The van der Waals surface area contributed by atoms with Crippen molar-refractivity contribution in [3.8, 4) is 0 Å². The van der Waals surface area contributed by atoms with Crippen LogP contribution < -0.4 is 11.1 Å². The van der Waals surface area contributed by atoms with E-state index in [0.717, 1.165) is 0 Å². The van der Waals surface area contributed by atoms with Crippen molar-refractivity contribution >= 4 is 11.8 Å². The molecule has 1 aromatic rings. The Morgan fingerprint density at radius 2 is 2.35 bits per heavy atom. The zero-order valence-electron chi connectivity index (χ0n) is 9.72. The van der Waals surface area contributed by atoms with E-state index in [2.05, 4.69) is 20.3 Å². The minimum atomic E-state index is -0.487. The lowest BCUT2D eigenvalue weighted by molar-refractivity contribution is 0.0593. The van der Waals surface area contributed by atoms with E-state index in [4.69, 9.17) is 5.73 Å². The van der Waals surface area contributed by atoms with Crippen molar-refractivity contribution in [2.45, 2.75) is 18.9 Å². The number of carbonyl (C=O) groups is 1. The van der Waals surface area contributed by atoms with Crippen LogP contribution >= 0.6 is 0 Å². The standard InChI is InChI=1S/C11H16N4O2/c1-17-11(16)9-4-5-10(15-14-9)13-6-8(12)7-2-3-7/h4-5,7-8H,2-3,6,12H2,1H3,(H,13,15). The second kappa shape index (κ2) is 5.09. The highest BCUT2D eigenvalue weighted by Gasteiger charge is 2.28. The maximum atomic E-state index is 11.1. The highest BCUT2D eigenvalue weighted by molar-refractivity contribution is 5.86. The first-order valence-corrected chi connectivity index (χ1v) is 5.62. The smallest absolute Gasteiger partial charge is 0.358 e. The number of nitrogens with one attached hydrogen (secondary N) is 1. The maximum absolute atomic E-state index is 11.1. The van der Waals surface area contributed by atoms with Crippen LogP contribution in [0.3, 0.4) is 0 Å². The lowest BCUT2D eigenvalue weighted by Gasteiger charge is -2.11. The number of aromatic nitrogens is 2. The predicted molar refractivity (Wildman–Crippen MR) is 62.6 cm³/mol. The molecule has 1 fully saturated rings. The number of nitrogens with two attached hydrogens (primary N) is 1. The molecule has 2 rings (SSSR count). The molecule has 1 saturated carbocycles. The summed E-state index contributed by atoms with van der Waals surface area (Å²) in [4.78, 5) is 11.1. The number of esters is 1. The van der Waals surface area contributed by atoms with E-state index < -0.39 is 5.97 Å². The number of methoxy groups -OCH3 is 1. The molecule has 3 N–H and O–H groups in total. The molecular formula is C11H16N4O2. The molecule has 92 valence electrons. The van der Waals surface area contributed by atoms with E-state index >= 15 is 0 Å². The molecule has 0 radical (unpaired) electrons. The summed E-state index contributed by atoms with van der Waals surface area (Å²) in [5.41, 5.74) is 6.14. The Bertz CT molecular complexity index is 389. The molecule has 1 aliphatic carbocycles. The summed E-state index contributed by atoms with van der Waals surface area (Å²) in [7, 11) is 1.31. The number of anilines is 1. The number of hydrogen-bond acceptors (Lipinski definition) is 6. The fourth-order valence-corrected chi connectivity index (χ4v) is 1.55. The second-order valence-electron chi connectivity index (χ2n) is 4.18. The summed E-state index contributed by atoms with van der Waals surface area (Å²) >= 11 is 0. The Balaban J connectivity index is 1.86. The average molecular weight is 236 g/mol. The molecule has 1 aliphatic rings. The van der Waals surface area contributed by atoms with E-state index in [1.807, 2.05) is 0 Å². The van der Waals surface area contributed by atoms with Gasteiger partial charge in [-0.05, 0) is 30.9 Å². The van der Waals surface area contributed by atoms with Gasteiger partial charge >= 0.3 is 5.97 Å². The Morgan fingerprint density at radius 3 is 2.88 bits per heavy atom. The van der Waals surface area contributed by atoms with E-state index in [-0.39, 0.29) is 11.7 Å². The lowest BCUT2D eigenvalue weighted by atomic mass is 10.2. The normalized spacial score (nSPS) is 16.4. The Hall–Kier alpha value is -1.69. The van der Waals surface area contributed by atoms with E-state index in [0.29, 0.717) is 18.3 Å². The van der Waals surface area contributed by atoms with Crippen LogP contribution in [0.25, 0.3) is 0 Å². The van der Waals surface area contributed by atoms with Crippen LogP contribution in [-0.4, -0.2) is 35.9 Å². The first-order chi connectivity index (χ1) is 8.20. The SMILES string of the molecule is COC(=O)c1ccc(NCC(N)C2CC2)nn1. The first kappa shape index (κ1) is 11.8. The maximum Gasteiger partial charge on any atom is 0.358 e. The van der Waals surface area contributed by atoms with Gasteiger partial charge in [0, 0.05) is 12.6 Å². The molecule has 1 atom stereocenters. The van der Waals surface area contributed by atoms with E-state index in [1.54, 1.807) is 12.1 Å². The van der Waals surface area contributed by atoms with Gasteiger partial charge in [-0.3, -0.25) is 0 Å². The highest BCUT2D eigenvalue weighted by atomic mass is 16.5. The number of rotatable bonds is 5. The van der Waals surface area contributed by atoms with Crippen molar-refractivity contribution in [2.24, 2.45) is 11.7 Å². The molecule has 0 bridgehead atoms.